The zero-order valence-corrected chi connectivity index (χ0v) is 11.9. The van der Waals surface area contributed by atoms with Crippen molar-refractivity contribution in [2.24, 2.45) is 0 Å². The van der Waals surface area contributed by atoms with E-state index in [1.54, 1.807) is 7.11 Å². The van der Waals surface area contributed by atoms with E-state index in [0.29, 0.717) is 0 Å². The van der Waals surface area contributed by atoms with Gasteiger partial charge in [0.1, 0.15) is 0 Å². The first-order valence-corrected chi connectivity index (χ1v) is 6.56. The monoisotopic (exact) mass is 244 g/mol. The summed E-state index contributed by atoms with van der Waals surface area (Å²) in [5, 5.41) is 6.28. The van der Waals surface area contributed by atoms with Crippen LogP contribution in [-0.2, 0) is 9.53 Å². The Hall–Kier alpha value is -0.610. The molecule has 4 nitrogen and oxygen atoms in total. The van der Waals surface area contributed by atoms with Crippen LogP contribution in [0.15, 0.2) is 0 Å². The summed E-state index contributed by atoms with van der Waals surface area (Å²) < 4.78 is 5.01. The molecule has 0 aromatic rings. The van der Waals surface area contributed by atoms with Gasteiger partial charge in [0.05, 0.1) is 6.04 Å². The summed E-state index contributed by atoms with van der Waals surface area (Å²) in [6, 6.07) is 0.393. The summed E-state index contributed by atoms with van der Waals surface area (Å²) in [6.45, 7) is 8.85. The number of hydrogen-bond donors (Lipinski definition) is 2. The number of amides is 1. The molecule has 0 radical (unpaired) electrons. The molecule has 3 atom stereocenters. The van der Waals surface area contributed by atoms with Crippen molar-refractivity contribution in [1.82, 2.24) is 10.6 Å². The second-order valence-corrected chi connectivity index (χ2v) is 4.77. The summed E-state index contributed by atoms with van der Waals surface area (Å²) in [7, 11) is 1.69. The van der Waals surface area contributed by atoms with Crippen LogP contribution in [0.5, 0.6) is 0 Å². The van der Waals surface area contributed by atoms with Crippen molar-refractivity contribution in [1.29, 1.82) is 0 Å². The third-order valence-electron chi connectivity index (χ3n) is 2.79. The van der Waals surface area contributed by atoms with Crippen LogP contribution in [0.2, 0.25) is 0 Å². The van der Waals surface area contributed by atoms with Gasteiger partial charge >= 0.3 is 0 Å². The maximum atomic E-state index is 11.8. The Labute approximate surface area is 105 Å². The number of nitrogens with one attached hydrogen (secondary N) is 2. The first-order valence-electron chi connectivity index (χ1n) is 6.56. The molecule has 0 rings (SSSR count). The zero-order chi connectivity index (χ0) is 13.3. The van der Waals surface area contributed by atoms with Crippen molar-refractivity contribution in [3.63, 3.8) is 0 Å². The molecule has 0 aliphatic carbocycles. The van der Waals surface area contributed by atoms with E-state index in [1.807, 2.05) is 13.8 Å². The van der Waals surface area contributed by atoms with Crippen LogP contribution in [0.4, 0.5) is 0 Å². The maximum Gasteiger partial charge on any atom is 0.237 e. The molecule has 0 heterocycles. The number of carbonyl (C=O) groups excluding carboxylic acids is 1. The lowest BCUT2D eigenvalue weighted by atomic mass is 10.1. The molecule has 0 aromatic heterocycles. The van der Waals surface area contributed by atoms with Gasteiger partial charge in [0.2, 0.25) is 5.91 Å². The van der Waals surface area contributed by atoms with Crippen molar-refractivity contribution < 1.29 is 9.53 Å². The van der Waals surface area contributed by atoms with Gasteiger partial charge in [0.25, 0.3) is 0 Å². The highest BCUT2D eigenvalue weighted by Gasteiger charge is 2.16. The Morgan fingerprint density at radius 2 is 1.82 bits per heavy atom. The second kappa shape index (κ2) is 9.42. The first-order chi connectivity index (χ1) is 8.01. The molecular formula is C13H28N2O2. The zero-order valence-electron chi connectivity index (χ0n) is 11.9. The number of ether oxygens (including phenoxy) is 1. The fourth-order valence-electron chi connectivity index (χ4n) is 1.75. The van der Waals surface area contributed by atoms with Crippen LogP contribution in [0.1, 0.15) is 47.0 Å². The van der Waals surface area contributed by atoms with Crippen molar-refractivity contribution in [3.05, 3.63) is 0 Å². The Morgan fingerprint density at radius 1 is 1.18 bits per heavy atom. The Kier molecular flexibility index (Phi) is 9.09. The average molecular weight is 244 g/mol. The van der Waals surface area contributed by atoms with E-state index in [9.17, 15) is 4.79 Å². The van der Waals surface area contributed by atoms with Crippen molar-refractivity contribution >= 4 is 5.91 Å². The van der Waals surface area contributed by atoms with Gasteiger partial charge in [0, 0.05) is 25.8 Å². The lowest BCUT2D eigenvalue weighted by molar-refractivity contribution is -0.123. The lowest BCUT2D eigenvalue weighted by Gasteiger charge is -2.21. The highest BCUT2D eigenvalue weighted by atomic mass is 16.5. The molecule has 3 unspecified atom stereocenters. The van der Waals surface area contributed by atoms with Gasteiger partial charge in [-0.2, -0.15) is 0 Å². The number of carbonyl (C=O) groups is 1. The first kappa shape index (κ1) is 16.4. The normalized spacial score (nSPS) is 16.3. The van der Waals surface area contributed by atoms with Crippen molar-refractivity contribution in [2.75, 3.05) is 13.7 Å². The van der Waals surface area contributed by atoms with Gasteiger partial charge in [-0.1, -0.05) is 13.3 Å². The van der Waals surface area contributed by atoms with E-state index < -0.39 is 0 Å². The SMILES string of the molecule is CCCC(C)NC(=O)C(C)NC(C)CCOC. The fraction of sp³-hybridized carbons (Fsp3) is 0.923. The molecule has 0 aliphatic rings. The number of rotatable bonds is 9. The minimum absolute atomic E-state index is 0.0789. The number of hydrogen-bond acceptors (Lipinski definition) is 3. The molecule has 4 heteroatoms. The summed E-state index contributed by atoms with van der Waals surface area (Å²) in [5.74, 6) is 0.0789. The van der Waals surface area contributed by atoms with Crippen molar-refractivity contribution in [3.8, 4) is 0 Å². The molecule has 1 amide bonds. The van der Waals surface area contributed by atoms with E-state index >= 15 is 0 Å². The molecule has 0 saturated carbocycles. The van der Waals surface area contributed by atoms with Crippen LogP contribution in [-0.4, -0.2) is 37.7 Å². The highest BCUT2D eigenvalue weighted by molar-refractivity contribution is 5.81. The summed E-state index contributed by atoms with van der Waals surface area (Å²) in [6.07, 6.45) is 3.03. The molecule has 2 N–H and O–H groups in total. The minimum atomic E-state index is -0.152. The molecule has 0 bridgehead atoms. The van der Waals surface area contributed by atoms with Gasteiger partial charge < -0.3 is 15.4 Å². The van der Waals surface area contributed by atoms with Crippen LogP contribution < -0.4 is 10.6 Å². The van der Waals surface area contributed by atoms with Crippen LogP contribution in [0.3, 0.4) is 0 Å². The molecule has 0 saturated heterocycles. The van der Waals surface area contributed by atoms with E-state index in [4.69, 9.17) is 4.74 Å². The van der Waals surface area contributed by atoms with Crippen LogP contribution in [0.25, 0.3) is 0 Å². The Balaban J connectivity index is 3.87. The average Bonchev–Trinajstić information content (AvgIpc) is 2.26. The Morgan fingerprint density at radius 3 is 2.35 bits per heavy atom. The predicted octanol–water partition coefficient (Wildman–Crippen LogP) is 1.69. The van der Waals surface area contributed by atoms with E-state index in [-0.39, 0.29) is 24.0 Å². The third-order valence-corrected chi connectivity index (χ3v) is 2.79. The predicted molar refractivity (Wildman–Crippen MR) is 71.1 cm³/mol. The quantitative estimate of drug-likeness (QED) is 0.649. The standard InChI is InChI=1S/C13H28N2O2/c1-6-7-10(2)15-13(16)12(4)14-11(3)8-9-17-5/h10-12,14H,6-9H2,1-5H3,(H,15,16). The minimum Gasteiger partial charge on any atom is -0.385 e. The molecule has 0 spiro atoms. The molecule has 0 fully saturated rings. The highest BCUT2D eigenvalue weighted by Crippen LogP contribution is 1.98. The van der Waals surface area contributed by atoms with E-state index in [2.05, 4.69) is 24.5 Å². The largest absolute Gasteiger partial charge is 0.385 e. The van der Waals surface area contributed by atoms with Crippen LogP contribution in [0, 0.1) is 0 Å². The molecule has 0 aromatic carbocycles. The van der Waals surface area contributed by atoms with E-state index in [0.717, 1.165) is 25.9 Å². The molecular weight excluding hydrogens is 216 g/mol. The molecule has 0 aliphatic heterocycles. The lowest BCUT2D eigenvalue weighted by Crippen LogP contribution is -2.48. The Bertz CT molecular complexity index is 210. The fourth-order valence-corrected chi connectivity index (χ4v) is 1.75. The summed E-state index contributed by atoms with van der Waals surface area (Å²) >= 11 is 0. The second-order valence-electron chi connectivity index (χ2n) is 4.77. The van der Waals surface area contributed by atoms with Gasteiger partial charge in [-0.25, -0.2) is 0 Å². The smallest absolute Gasteiger partial charge is 0.237 e. The molecule has 17 heavy (non-hydrogen) atoms. The van der Waals surface area contributed by atoms with Gasteiger partial charge in [-0.15, -0.1) is 0 Å². The maximum absolute atomic E-state index is 11.8. The topological polar surface area (TPSA) is 50.4 Å². The van der Waals surface area contributed by atoms with Gasteiger partial charge in [-0.05, 0) is 33.6 Å². The van der Waals surface area contributed by atoms with Crippen LogP contribution >= 0.6 is 0 Å². The summed E-state index contributed by atoms with van der Waals surface area (Å²) in [5.41, 5.74) is 0. The number of methoxy groups -OCH3 is 1. The van der Waals surface area contributed by atoms with Crippen molar-refractivity contribution in [2.45, 2.75) is 65.1 Å². The van der Waals surface area contributed by atoms with Gasteiger partial charge in [-0.3, -0.25) is 4.79 Å². The molecule has 102 valence electrons. The van der Waals surface area contributed by atoms with E-state index in [1.165, 1.54) is 0 Å². The summed E-state index contributed by atoms with van der Waals surface area (Å²) in [4.78, 5) is 11.8. The third kappa shape index (κ3) is 8.16. The van der Waals surface area contributed by atoms with Gasteiger partial charge in [0.15, 0.2) is 0 Å².